The van der Waals surface area contributed by atoms with Gasteiger partial charge < -0.3 is 19.7 Å². The number of carbonyl (C=O) groups is 1. The van der Waals surface area contributed by atoms with Crippen molar-refractivity contribution in [3.05, 3.63) is 17.8 Å². The van der Waals surface area contributed by atoms with E-state index in [0.717, 1.165) is 24.8 Å². The lowest BCUT2D eigenvalue weighted by molar-refractivity contribution is -0.0362. The van der Waals surface area contributed by atoms with Crippen molar-refractivity contribution in [2.75, 3.05) is 25.6 Å². The summed E-state index contributed by atoms with van der Waals surface area (Å²) in [6, 6.07) is 1.97. The molecule has 2 fully saturated rings. The Bertz CT molecular complexity index is 535. The molecular formula is C15H21N3O3. The number of rotatable bonds is 2. The molecule has 2 atom stereocenters. The molecule has 6 heteroatoms. The molecule has 1 aliphatic carbocycles. The molecule has 1 aromatic heterocycles. The molecule has 6 nitrogen and oxygen atoms in total. The maximum absolute atomic E-state index is 12.6. The van der Waals surface area contributed by atoms with Gasteiger partial charge in [-0.2, -0.15) is 0 Å². The molecule has 1 aliphatic heterocycles. The number of ether oxygens (including phenoxy) is 2. The Kier molecular flexibility index (Phi) is 3.96. The van der Waals surface area contributed by atoms with E-state index in [1.165, 1.54) is 0 Å². The number of hydrogen-bond acceptors (Lipinski definition) is 4. The second-order valence-electron chi connectivity index (χ2n) is 5.60. The summed E-state index contributed by atoms with van der Waals surface area (Å²) >= 11 is 0. The molecule has 2 amide bonds. The number of methoxy groups -OCH3 is 1. The van der Waals surface area contributed by atoms with E-state index < -0.39 is 0 Å². The van der Waals surface area contributed by atoms with Gasteiger partial charge in [0.25, 0.3) is 0 Å². The van der Waals surface area contributed by atoms with Gasteiger partial charge in [-0.05, 0) is 37.8 Å². The molecular weight excluding hydrogens is 270 g/mol. The number of carbonyl (C=O) groups excluding carboxylic acids is 1. The second kappa shape index (κ2) is 5.89. The number of anilines is 1. The van der Waals surface area contributed by atoms with Crippen LogP contribution in [-0.2, 0) is 4.74 Å². The Labute approximate surface area is 124 Å². The first-order chi connectivity index (χ1) is 10.2. The first kappa shape index (κ1) is 14.1. The van der Waals surface area contributed by atoms with Crippen LogP contribution in [0.25, 0.3) is 0 Å². The fourth-order valence-corrected chi connectivity index (χ4v) is 3.17. The Morgan fingerprint density at radius 2 is 2.38 bits per heavy atom. The molecule has 114 valence electrons. The molecule has 0 radical (unpaired) electrons. The van der Waals surface area contributed by atoms with Gasteiger partial charge in [0, 0.05) is 12.7 Å². The lowest BCUT2D eigenvalue weighted by atomic mass is 10.1. The summed E-state index contributed by atoms with van der Waals surface area (Å²) in [6.45, 7) is 3.18. The van der Waals surface area contributed by atoms with E-state index in [0.29, 0.717) is 24.7 Å². The quantitative estimate of drug-likeness (QED) is 0.907. The van der Waals surface area contributed by atoms with Gasteiger partial charge in [-0.3, -0.25) is 0 Å². The molecule has 1 N–H and O–H groups in total. The number of urea groups is 1. The highest BCUT2D eigenvalue weighted by atomic mass is 16.5. The van der Waals surface area contributed by atoms with Crippen molar-refractivity contribution in [1.29, 1.82) is 0 Å². The van der Waals surface area contributed by atoms with E-state index in [1.807, 2.05) is 17.9 Å². The minimum atomic E-state index is -0.0964. The van der Waals surface area contributed by atoms with Crippen molar-refractivity contribution in [2.24, 2.45) is 0 Å². The molecule has 0 aromatic carbocycles. The lowest BCUT2D eigenvalue weighted by Gasteiger charge is -2.37. The first-order valence-corrected chi connectivity index (χ1v) is 7.39. The van der Waals surface area contributed by atoms with Crippen LogP contribution in [-0.4, -0.2) is 48.3 Å². The summed E-state index contributed by atoms with van der Waals surface area (Å²) in [5.74, 6) is 0.435. The number of morpholine rings is 1. The van der Waals surface area contributed by atoms with E-state index in [4.69, 9.17) is 9.47 Å². The summed E-state index contributed by atoms with van der Waals surface area (Å²) in [4.78, 5) is 18.6. The van der Waals surface area contributed by atoms with Gasteiger partial charge in [0.15, 0.2) is 0 Å². The molecule has 21 heavy (non-hydrogen) atoms. The number of amides is 2. The lowest BCUT2D eigenvalue weighted by Crippen LogP contribution is -2.52. The molecule has 1 aromatic rings. The van der Waals surface area contributed by atoms with Crippen molar-refractivity contribution >= 4 is 11.7 Å². The van der Waals surface area contributed by atoms with Crippen LogP contribution in [0.15, 0.2) is 12.3 Å². The van der Waals surface area contributed by atoms with Crippen LogP contribution in [0.4, 0.5) is 10.5 Å². The van der Waals surface area contributed by atoms with Gasteiger partial charge in [0.05, 0.1) is 25.9 Å². The zero-order valence-corrected chi connectivity index (χ0v) is 12.5. The van der Waals surface area contributed by atoms with E-state index in [-0.39, 0.29) is 18.2 Å². The van der Waals surface area contributed by atoms with Gasteiger partial charge >= 0.3 is 6.03 Å². The van der Waals surface area contributed by atoms with E-state index >= 15 is 0 Å². The van der Waals surface area contributed by atoms with Crippen molar-refractivity contribution in [3.63, 3.8) is 0 Å². The zero-order chi connectivity index (χ0) is 14.8. The standard InChI is InChI=1S/C15H21N3O3/c1-10-8-11(14(20-2)16-9-10)17-15(19)18-6-7-21-13-5-3-4-12(13)18/h8-9,12-13H,3-7H2,1-2H3,(H,17,19)/t12-,13+/m0/s1. The second-order valence-corrected chi connectivity index (χ2v) is 5.60. The molecule has 1 saturated carbocycles. The number of aromatic nitrogens is 1. The molecule has 0 bridgehead atoms. The Balaban J connectivity index is 1.75. The molecule has 1 saturated heterocycles. The number of nitrogens with one attached hydrogen (secondary N) is 1. The van der Waals surface area contributed by atoms with Crippen molar-refractivity contribution < 1.29 is 14.3 Å². The maximum Gasteiger partial charge on any atom is 0.322 e. The molecule has 2 aliphatic rings. The Morgan fingerprint density at radius 1 is 1.52 bits per heavy atom. The average Bonchev–Trinajstić information content (AvgIpc) is 2.95. The van der Waals surface area contributed by atoms with Crippen molar-refractivity contribution in [2.45, 2.75) is 38.3 Å². The molecule has 3 rings (SSSR count). The van der Waals surface area contributed by atoms with Crippen LogP contribution in [0.5, 0.6) is 5.88 Å². The highest BCUT2D eigenvalue weighted by Gasteiger charge is 2.38. The minimum absolute atomic E-state index is 0.0964. The van der Waals surface area contributed by atoms with Crippen molar-refractivity contribution in [1.82, 2.24) is 9.88 Å². The number of hydrogen-bond donors (Lipinski definition) is 1. The van der Waals surface area contributed by atoms with Crippen LogP contribution in [0.2, 0.25) is 0 Å². The third kappa shape index (κ3) is 2.81. The molecule has 0 spiro atoms. The smallest absolute Gasteiger partial charge is 0.322 e. The highest BCUT2D eigenvalue weighted by Crippen LogP contribution is 2.30. The molecule has 2 heterocycles. The third-order valence-electron chi connectivity index (χ3n) is 4.17. The largest absolute Gasteiger partial charge is 0.480 e. The van der Waals surface area contributed by atoms with Gasteiger partial charge in [-0.15, -0.1) is 0 Å². The Morgan fingerprint density at radius 3 is 3.19 bits per heavy atom. The van der Waals surface area contributed by atoms with Gasteiger partial charge in [-0.25, -0.2) is 9.78 Å². The minimum Gasteiger partial charge on any atom is -0.480 e. The topological polar surface area (TPSA) is 63.7 Å². The number of fused-ring (bicyclic) bond motifs is 1. The fourth-order valence-electron chi connectivity index (χ4n) is 3.17. The van der Waals surface area contributed by atoms with Gasteiger partial charge in [0.2, 0.25) is 5.88 Å². The SMILES string of the molecule is COc1ncc(C)cc1NC(=O)N1CCO[C@@H]2CCC[C@@H]21. The normalized spacial score (nSPS) is 24.6. The number of pyridine rings is 1. The third-order valence-corrected chi connectivity index (χ3v) is 4.17. The average molecular weight is 291 g/mol. The predicted octanol–water partition coefficient (Wildman–Crippen LogP) is 2.18. The van der Waals surface area contributed by atoms with E-state index in [1.54, 1.807) is 13.3 Å². The van der Waals surface area contributed by atoms with Crippen molar-refractivity contribution in [3.8, 4) is 5.88 Å². The van der Waals surface area contributed by atoms with Crippen LogP contribution in [0.3, 0.4) is 0 Å². The zero-order valence-electron chi connectivity index (χ0n) is 12.5. The summed E-state index contributed by atoms with van der Waals surface area (Å²) in [6.07, 6.45) is 5.09. The van der Waals surface area contributed by atoms with Crippen LogP contribution >= 0.6 is 0 Å². The highest BCUT2D eigenvalue weighted by molar-refractivity contribution is 5.91. The maximum atomic E-state index is 12.6. The van der Waals surface area contributed by atoms with Gasteiger partial charge in [-0.1, -0.05) is 0 Å². The monoisotopic (exact) mass is 291 g/mol. The summed E-state index contributed by atoms with van der Waals surface area (Å²) < 4.78 is 10.9. The van der Waals surface area contributed by atoms with Gasteiger partial charge in [0.1, 0.15) is 5.69 Å². The van der Waals surface area contributed by atoms with E-state index in [2.05, 4.69) is 10.3 Å². The van der Waals surface area contributed by atoms with Crippen LogP contribution in [0.1, 0.15) is 24.8 Å². The molecule has 0 unspecified atom stereocenters. The fraction of sp³-hybridized carbons (Fsp3) is 0.600. The number of nitrogens with zero attached hydrogens (tertiary/aromatic N) is 2. The van der Waals surface area contributed by atoms with Crippen LogP contribution < -0.4 is 10.1 Å². The van der Waals surface area contributed by atoms with E-state index in [9.17, 15) is 4.79 Å². The van der Waals surface area contributed by atoms with Crippen LogP contribution in [0, 0.1) is 6.92 Å². The Hall–Kier alpha value is -1.82. The summed E-state index contributed by atoms with van der Waals surface area (Å²) in [5, 5.41) is 2.93. The first-order valence-electron chi connectivity index (χ1n) is 7.39. The summed E-state index contributed by atoms with van der Waals surface area (Å²) in [7, 11) is 1.55. The summed E-state index contributed by atoms with van der Waals surface area (Å²) in [5.41, 5.74) is 1.59. The predicted molar refractivity (Wildman–Crippen MR) is 78.6 cm³/mol. The number of aryl methyl sites for hydroxylation is 1.